The molecule has 3 aliphatic rings. The highest BCUT2D eigenvalue weighted by Crippen LogP contribution is 2.49. The fourth-order valence-electron chi connectivity index (χ4n) is 4.80. The molecule has 0 unspecified atom stereocenters. The first-order chi connectivity index (χ1) is 14.0. The highest BCUT2D eigenvalue weighted by Gasteiger charge is 2.62. The maximum absolute atomic E-state index is 13.4. The molecule has 0 N–H and O–H groups in total. The van der Waals surface area contributed by atoms with Crippen molar-refractivity contribution in [3.05, 3.63) is 69.2 Å². The molecule has 3 aliphatic heterocycles. The molecule has 2 amide bonds. The predicted octanol–water partition coefficient (Wildman–Crippen LogP) is 2.78. The molecular formula is C20H17ClN4O4. The van der Waals surface area contributed by atoms with Crippen LogP contribution in [-0.4, -0.2) is 45.9 Å². The number of carbonyl (C=O) groups excluding carboxylic acids is 2. The van der Waals surface area contributed by atoms with Gasteiger partial charge in [-0.3, -0.25) is 19.7 Å². The molecule has 148 valence electrons. The van der Waals surface area contributed by atoms with Crippen LogP contribution in [0.4, 0.5) is 11.4 Å². The molecule has 3 atom stereocenters. The van der Waals surface area contributed by atoms with E-state index < -0.39 is 16.9 Å². The average Bonchev–Trinajstić information content (AvgIpc) is 3.35. The Kier molecular flexibility index (Phi) is 4.16. The van der Waals surface area contributed by atoms with E-state index in [0.717, 1.165) is 23.4 Å². The SMILES string of the molecule is O=C1[C@H]2[C@@H](C(=O)N1c1ccc(Cl)c([N+](=O)[O-])c1)N1CCCN1[C@H]2c1ccccc1. The lowest BCUT2D eigenvalue weighted by Gasteiger charge is -2.29. The van der Waals surface area contributed by atoms with E-state index in [2.05, 4.69) is 5.01 Å². The van der Waals surface area contributed by atoms with Gasteiger partial charge in [-0.2, -0.15) is 0 Å². The van der Waals surface area contributed by atoms with Gasteiger partial charge in [0.25, 0.3) is 11.6 Å². The van der Waals surface area contributed by atoms with E-state index in [1.807, 2.05) is 35.3 Å². The number of imide groups is 1. The smallest absolute Gasteiger partial charge is 0.274 e. The normalized spacial score (nSPS) is 26.8. The van der Waals surface area contributed by atoms with Crippen molar-refractivity contribution in [2.24, 2.45) is 5.92 Å². The Labute approximate surface area is 171 Å². The van der Waals surface area contributed by atoms with Crippen molar-refractivity contribution in [2.75, 3.05) is 18.0 Å². The van der Waals surface area contributed by atoms with Crippen LogP contribution in [-0.2, 0) is 9.59 Å². The summed E-state index contributed by atoms with van der Waals surface area (Å²) in [7, 11) is 0. The van der Waals surface area contributed by atoms with Crippen molar-refractivity contribution < 1.29 is 14.5 Å². The van der Waals surface area contributed by atoms with Crippen LogP contribution in [0.2, 0.25) is 5.02 Å². The van der Waals surface area contributed by atoms with E-state index in [1.165, 1.54) is 18.2 Å². The van der Waals surface area contributed by atoms with Gasteiger partial charge in [0.2, 0.25) is 5.91 Å². The van der Waals surface area contributed by atoms with E-state index in [1.54, 1.807) is 0 Å². The van der Waals surface area contributed by atoms with Gasteiger partial charge < -0.3 is 0 Å². The van der Waals surface area contributed by atoms with E-state index in [9.17, 15) is 19.7 Å². The topological polar surface area (TPSA) is 87.0 Å². The van der Waals surface area contributed by atoms with Crippen LogP contribution in [0.5, 0.6) is 0 Å². The number of anilines is 1. The first-order valence-corrected chi connectivity index (χ1v) is 9.77. The number of rotatable bonds is 3. The summed E-state index contributed by atoms with van der Waals surface area (Å²) in [4.78, 5) is 38.5. The summed E-state index contributed by atoms with van der Waals surface area (Å²) in [6.45, 7) is 1.50. The second-order valence-electron chi connectivity index (χ2n) is 7.41. The van der Waals surface area contributed by atoms with Crippen molar-refractivity contribution in [2.45, 2.75) is 18.5 Å². The molecule has 29 heavy (non-hydrogen) atoms. The number of hydrogen-bond donors (Lipinski definition) is 0. The van der Waals surface area contributed by atoms with Gasteiger partial charge in [0.1, 0.15) is 11.1 Å². The number of hydrazine groups is 1. The number of amides is 2. The zero-order valence-electron chi connectivity index (χ0n) is 15.3. The summed E-state index contributed by atoms with van der Waals surface area (Å²) in [6.07, 6.45) is 0.917. The van der Waals surface area contributed by atoms with Crippen molar-refractivity contribution in [1.29, 1.82) is 0 Å². The molecule has 0 bridgehead atoms. The number of fused-ring (bicyclic) bond motifs is 3. The van der Waals surface area contributed by atoms with Crippen LogP contribution in [0.3, 0.4) is 0 Å². The molecule has 9 heteroatoms. The van der Waals surface area contributed by atoms with E-state index >= 15 is 0 Å². The lowest BCUT2D eigenvalue weighted by molar-refractivity contribution is -0.384. The summed E-state index contributed by atoms with van der Waals surface area (Å²) in [6, 6.07) is 12.9. The van der Waals surface area contributed by atoms with Crippen LogP contribution < -0.4 is 4.90 Å². The highest BCUT2D eigenvalue weighted by atomic mass is 35.5. The average molecular weight is 413 g/mol. The van der Waals surface area contributed by atoms with E-state index in [0.29, 0.717) is 6.54 Å². The van der Waals surface area contributed by atoms with Crippen LogP contribution in [0.25, 0.3) is 0 Å². The molecule has 2 aromatic carbocycles. The van der Waals surface area contributed by atoms with Gasteiger partial charge in [-0.1, -0.05) is 41.9 Å². The molecule has 2 aromatic rings. The summed E-state index contributed by atoms with van der Waals surface area (Å²) in [5, 5.41) is 15.3. The lowest BCUT2D eigenvalue weighted by Crippen LogP contribution is -2.44. The zero-order chi connectivity index (χ0) is 20.3. The highest BCUT2D eigenvalue weighted by molar-refractivity contribution is 6.33. The zero-order valence-corrected chi connectivity index (χ0v) is 16.0. The Morgan fingerprint density at radius 1 is 0.966 bits per heavy atom. The monoisotopic (exact) mass is 412 g/mol. The molecule has 0 aliphatic carbocycles. The maximum atomic E-state index is 13.4. The molecule has 3 saturated heterocycles. The van der Waals surface area contributed by atoms with Crippen molar-refractivity contribution in [3.8, 4) is 0 Å². The molecular weight excluding hydrogens is 396 g/mol. The van der Waals surface area contributed by atoms with Gasteiger partial charge in [-0.05, 0) is 24.1 Å². The third-order valence-electron chi connectivity index (χ3n) is 5.93. The van der Waals surface area contributed by atoms with Gasteiger partial charge >= 0.3 is 0 Å². The minimum atomic E-state index is -0.618. The minimum absolute atomic E-state index is 0.0362. The van der Waals surface area contributed by atoms with Gasteiger partial charge in [0.05, 0.1) is 22.6 Å². The Morgan fingerprint density at radius 2 is 1.66 bits per heavy atom. The summed E-state index contributed by atoms with van der Waals surface area (Å²) >= 11 is 5.90. The third kappa shape index (κ3) is 2.60. The van der Waals surface area contributed by atoms with Crippen molar-refractivity contribution >= 4 is 34.8 Å². The number of nitro groups is 1. The number of halogens is 1. The number of hydrogen-bond acceptors (Lipinski definition) is 6. The number of carbonyl (C=O) groups is 2. The van der Waals surface area contributed by atoms with Crippen LogP contribution in [0.15, 0.2) is 48.5 Å². The van der Waals surface area contributed by atoms with Gasteiger partial charge in [0, 0.05) is 19.2 Å². The maximum Gasteiger partial charge on any atom is 0.289 e. The summed E-state index contributed by atoms with van der Waals surface area (Å²) in [5.74, 6) is -1.23. The molecule has 3 heterocycles. The third-order valence-corrected chi connectivity index (χ3v) is 6.25. The fraction of sp³-hybridized carbons (Fsp3) is 0.300. The quantitative estimate of drug-likeness (QED) is 0.437. The first-order valence-electron chi connectivity index (χ1n) is 9.39. The molecule has 0 aromatic heterocycles. The second-order valence-corrected chi connectivity index (χ2v) is 7.82. The predicted molar refractivity (Wildman–Crippen MR) is 105 cm³/mol. The van der Waals surface area contributed by atoms with Crippen LogP contribution in [0, 0.1) is 16.0 Å². The second kappa shape index (κ2) is 6.62. The standard InChI is InChI=1S/C20H17ClN4O4/c21-14-8-7-13(11-15(14)25(28)29)24-19(26)16-17(12-5-2-1-3-6-12)22-9-4-10-23(22)18(16)20(24)27/h1-3,5-8,11,16-18H,4,9-10H2/t16-,17+,18+/m1/s1. The van der Waals surface area contributed by atoms with Gasteiger partial charge in [-0.25, -0.2) is 14.9 Å². The van der Waals surface area contributed by atoms with E-state index in [-0.39, 0.29) is 34.3 Å². The Hall–Kier alpha value is -2.81. The van der Waals surface area contributed by atoms with Crippen LogP contribution in [0.1, 0.15) is 18.0 Å². The minimum Gasteiger partial charge on any atom is -0.274 e. The molecule has 5 rings (SSSR count). The molecule has 0 spiro atoms. The lowest BCUT2D eigenvalue weighted by atomic mass is 9.90. The Balaban J connectivity index is 1.58. The Morgan fingerprint density at radius 3 is 2.34 bits per heavy atom. The number of nitro benzene ring substituents is 1. The summed E-state index contributed by atoms with van der Waals surface area (Å²) < 4.78 is 0. The Bertz CT molecular complexity index is 1030. The fourth-order valence-corrected chi connectivity index (χ4v) is 4.98. The summed E-state index contributed by atoms with van der Waals surface area (Å²) in [5.41, 5.74) is 0.837. The number of benzene rings is 2. The number of nitrogens with zero attached hydrogens (tertiary/aromatic N) is 4. The molecule has 3 fully saturated rings. The van der Waals surface area contributed by atoms with Crippen LogP contribution >= 0.6 is 11.6 Å². The largest absolute Gasteiger partial charge is 0.289 e. The van der Waals surface area contributed by atoms with E-state index in [4.69, 9.17) is 11.6 Å². The van der Waals surface area contributed by atoms with Crippen molar-refractivity contribution in [1.82, 2.24) is 10.0 Å². The molecule has 8 nitrogen and oxygen atoms in total. The van der Waals surface area contributed by atoms with Crippen molar-refractivity contribution in [3.63, 3.8) is 0 Å². The first kappa shape index (κ1) is 18.2. The van der Waals surface area contributed by atoms with Gasteiger partial charge in [-0.15, -0.1) is 0 Å². The molecule has 0 saturated carbocycles. The molecule has 0 radical (unpaired) electrons. The van der Waals surface area contributed by atoms with Gasteiger partial charge in [0.15, 0.2) is 0 Å².